The van der Waals surface area contributed by atoms with Crippen molar-refractivity contribution in [1.29, 1.82) is 0 Å². The zero-order chi connectivity index (χ0) is 21.1. The van der Waals surface area contributed by atoms with Gasteiger partial charge in [-0.05, 0) is 30.5 Å². The highest BCUT2D eigenvalue weighted by Gasteiger charge is 2.67. The molecule has 3 N–H and O–H groups in total. The molecule has 0 spiro atoms. The summed E-state index contributed by atoms with van der Waals surface area (Å²) in [6, 6.07) is 3.64. The van der Waals surface area contributed by atoms with Crippen LogP contribution in [0.1, 0.15) is 24.5 Å². The second-order valence-electron chi connectivity index (χ2n) is 7.64. The third-order valence-corrected chi connectivity index (χ3v) is 6.28. The number of halogens is 1. The van der Waals surface area contributed by atoms with Gasteiger partial charge in [0.2, 0.25) is 11.8 Å². The quantitative estimate of drug-likeness (QED) is 0.607. The number of aliphatic hydroxyl groups excluding tert-OH is 1. The third-order valence-electron chi connectivity index (χ3n) is 6.28. The van der Waals surface area contributed by atoms with E-state index < -0.39 is 71.6 Å². The summed E-state index contributed by atoms with van der Waals surface area (Å²) in [5.41, 5.74) is 0.331. The molecule has 1 aliphatic carbocycles. The molecule has 2 heterocycles. The molecule has 0 unspecified atom stereocenters. The highest BCUT2D eigenvalue weighted by Crippen LogP contribution is 2.58. The van der Waals surface area contributed by atoms with Gasteiger partial charge in [0, 0.05) is 11.8 Å². The molecule has 2 saturated heterocycles. The number of ether oxygens (including phenoxy) is 2. The molecule has 10 heteroatoms. The molecule has 0 radical (unpaired) electrons. The number of phenolic OH excluding ortho intramolecular Hbond substituents is 1. The van der Waals surface area contributed by atoms with Crippen molar-refractivity contribution >= 4 is 17.9 Å². The molecule has 3 aliphatic rings. The summed E-state index contributed by atoms with van der Waals surface area (Å²) in [6.45, 7) is -0.507. The fraction of sp³-hybridized carbons (Fsp3) is 0.526. The van der Waals surface area contributed by atoms with Crippen LogP contribution in [0.3, 0.4) is 0 Å². The number of carbonyl (C=O) groups excluding carboxylic acids is 3. The van der Waals surface area contributed by atoms with Crippen molar-refractivity contribution in [2.24, 2.45) is 23.7 Å². The molecule has 156 valence electrons. The highest BCUT2D eigenvalue weighted by atomic mass is 19.1. The second kappa shape index (κ2) is 6.75. The summed E-state index contributed by atoms with van der Waals surface area (Å²) < 4.78 is 24.1. The monoisotopic (exact) mass is 409 g/mol. The van der Waals surface area contributed by atoms with Gasteiger partial charge in [-0.15, -0.1) is 0 Å². The number of likely N-dealkylation sites (tertiary alicyclic amines) is 1. The molecule has 2 aliphatic heterocycles. The van der Waals surface area contributed by atoms with Crippen LogP contribution < -0.4 is 0 Å². The minimum Gasteiger partial charge on any atom is -0.505 e. The SMILES string of the molecule is COC(=O)N1C(=O)[C@H]2[C@H](C[C@H](CO)[C@@]3(O)O[C@H](c4ccc(O)c(F)c4)C[C@@H]23)C1=O. The first-order chi connectivity index (χ1) is 13.7. The number of methoxy groups -OCH3 is 1. The zero-order valence-electron chi connectivity index (χ0n) is 15.4. The zero-order valence-corrected chi connectivity index (χ0v) is 15.4. The van der Waals surface area contributed by atoms with Gasteiger partial charge in [-0.3, -0.25) is 9.59 Å². The summed E-state index contributed by atoms with van der Waals surface area (Å²) in [6.07, 6.45) is -1.92. The lowest BCUT2D eigenvalue weighted by atomic mass is 9.64. The Labute approximate surface area is 164 Å². The minimum atomic E-state index is -1.93. The van der Waals surface area contributed by atoms with Gasteiger partial charge >= 0.3 is 6.09 Å². The van der Waals surface area contributed by atoms with Crippen molar-refractivity contribution in [2.75, 3.05) is 13.7 Å². The number of aliphatic hydroxyl groups is 2. The number of hydrogen-bond acceptors (Lipinski definition) is 8. The Bertz CT molecular complexity index is 891. The minimum absolute atomic E-state index is 0.0527. The van der Waals surface area contributed by atoms with E-state index >= 15 is 0 Å². The van der Waals surface area contributed by atoms with Crippen LogP contribution in [0.5, 0.6) is 5.75 Å². The maximum atomic E-state index is 13.8. The van der Waals surface area contributed by atoms with E-state index in [1.807, 2.05) is 0 Å². The van der Waals surface area contributed by atoms with Gasteiger partial charge in [0.05, 0.1) is 31.7 Å². The van der Waals surface area contributed by atoms with E-state index in [0.29, 0.717) is 10.5 Å². The van der Waals surface area contributed by atoms with Crippen molar-refractivity contribution in [3.63, 3.8) is 0 Å². The number of aromatic hydroxyl groups is 1. The van der Waals surface area contributed by atoms with Crippen molar-refractivity contribution in [3.8, 4) is 5.75 Å². The fourth-order valence-electron chi connectivity index (χ4n) is 4.89. The molecular formula is C19H20FNO8. The van der Waals surface area contributed by atoms with Crippen LogP contribution in [0.2, 0.25) is 0 Å². The van der Waals surface area contributed by atoms with Crippen LogP contribution >= 0.6 is 0 Å². The number of benzene rings is 1. The molecule has 4 rings (SSSR count). The number of nitrogens with zero attached hydrogens (tertiary/aromatic N) is 1. The maximum absolute atomic E-state index is 13.8. The Hall–Kier alpha value is -2.56. The molecule has 0 aromatic heterocycles. The smallest absolute Gasteiger partial charge is 0.423 e. The molecule has 0 bridgehead atoms. The third kappa shape index (κ3) is 2.74. The lowest BCUT2D eigenvalue weighted by Crippen LogP contribution is -2.54. The van der Waals surface area contributed by atoms with Crippen LogP contribution in [-0.4, -0.2) is 57.6 Å². The molecule has 1 aromatic rings. The maximum Gasteiger partial charge on any atom is 0.423 e. The normalized spacial score (nSPS) is 36.1. The fourth-order valence-corrected chi connectivity index (χ4v) is 4.89. The molecule has 3 amide bonds. The van der Waals surface area contributed by atoms with Gasteiger partial charge in [-0.1, -0.05) is 6.07 Å². The van der Waals surface area contributed by atoms with Gasteiger partial charge in [0.15, 0.2) is 17.4 Å². The number of hydrogen-bond donors (Lipinski definition) is 3. The second-order valence-corrected chi connectivity index (χ2v) is 7.64. The van der Waals surface area contributed by atoms with Crippen molar-refractivity contribution in [1.82, 2.24) is 4.90 Å². The van der Waals surface area contributed by atoms with Gasteiger partial charge in [0.25, 0.3) is 0 Å². The lowest BCUT2D eigenvalue weighted by Gasteiger charge is -2.43. The van der Waals surface area contributed by atoms with Crippen LogP contribution in [0, 0.1) is 29.5 Å². The Morgan fingerprint density at radius 3 is 2.69 bits per heavy atom. The number of rotatable bonds is 2. The van der Waals surface area contributed by atoms with Crippen LogP contribution in [0.4, 0.5) is 9.18 Å². The predicted octanol–water partition coefficient (Wildman–Crippen LogP) is 0.677. The summed E-state index contributed by atoms with van der Waals surface area (Å²) in [7, 11) is 1.05. The van der Waals surface area contributed by atoms with Crippen molar-refractivity contribution in [2.45, 2.75) is 24.7 Å². The number of phenols is 1. The van der Waals surface area contributed by atoms with Crippen molar-refractivity contribution in [3.05, 3.63) is 29.6 Å². The largest absolute Gasteiger partial charge is 0.505 e. The van der Waals surface area contributed by atoms with Crippen molar-refractivity contribution < 1.29 is 43.6 Å². The number of fused-ring (bicyclic) bond motifs is 3. The molecule has 1 aromatic carbocycles. The Morgan fingerprint density at radius 1 is 1.34 bits per heavy atom. The van der Waals surface area contributed by atoms with Crippen LogP contribution in [-0.2, 0) is 19.1 Å². The lowest BCUT2D eigenvalue weighted by molar-refractivity contribution is -0.274. The van der Waals surface area contributed by atoms with Gasteiger partial charge in [0.1, 0.15) is 0 Å². The Morgan fingerprint density at radius 2 is 2.07 bits per heavy atom. The standard InChI is InChI=1S/C19H20FNO8/c1-28-18(26)21-16(24)10-5-9(7-22)19(27)11(15(10)17(21)25)6-14(29-19)8-2-3-13(23)12(20)4-8/h2-4,9-11,14-15,22-23,27H,5-7H2,1H3/t9-,10+,11+,14+,15+,19-/m1/s1. The number of imide groups is 3. The topological polar surface area (TPSA) is 134 Å². The van der Waals surface area contributed by atoms with Crippen LogP contribution in [0.25, 0.3) is 0 Å². The molecule has 9 nitrogen and oxygen atoms in total. The van der Waals surface area contributed by atoms with E-state index in [1.54, 1.807) is 0 Å². The predicted molar refractivity (Wildman–Crippen MR) is 91.4 cm³/mol. The molecule has 6 atom stereocenters. The summed E-state index contributed by atoms with van der Waals surface area (Å²) >= 11 is 0. The first-order valence-electron chi connectivity index (χ1n) is 9.18. The summed E-state index contributed by atoms with van der Waals surface area (Å²) in [4.78, 5) is 37.9. The van der Waals surface area contributed by atoms with E-state index in [0.717, 1.165) is 19.2 Å². The van der Waals surface area contributed by atoms with E-state index in [-0.39, 0.29) is 12.8 Å². The average Bonchev–Trinajstić information content (AvgIpc) is 3.17. The van der Waals surface area contributed by atoms with Gasteiger partial charge in [-0.25, -0.2) is 9.18 Å². The Kier molecular flexibility index (Phi) is 4.60. The van der Waals surface area contributed by atoms with E-state index in [2.05, 4.69) is 4.74 Å². The van der Waals surface area contributed by atoms with Gasteiger partial charge < -0.3 is 24.8 Å². The van der Waals surface area contributed by atoms with E-state index in [9.17, 15) is 34.1 Å². The molecule has 29 heavy (non-hydrogen) atoms. The highest BCUT2D eigenvalue weighted by molar-refractivity contribution is 6.15. The Balaban J connectivity index is 1.71. The van der Waals surface area contributed by atoms with E-state index in [1.165, 1.54) is 6.07 Å². The summed E-state index contributed by atoms with van der Waals surface area (Å²) in [5, 5.41) is 30.4. The summed E-state index contributed by atoms with van der Waals surface area (Å²) in [5.74, 6) is -8.56. The number of amides is 3. The number of carbonyl (C=O) groups is 3. The molecule has 3 fully saturated rings. The van der Waals surface area contributed by atoms with Crippen LogP contribution in [0.15, 0.2) is 18.2 Å². The molecular weight excluding hydrogens is 389 g/mol. The van der Waals surface area contributed by atoms with Gasteiger partial charge in [-0.2, -0.15) is 4.90 Å². The first kappa shape index (κ1) is 19.7. The first-order valence-corrected chi connectivity index (χ1v) is 9.18. The van der Waals surface area contributed by atoms with E-state index in [4.69, 9.17) is 4.74 Å². The average molecular weight is 409 g/mol. The molecule has 1 saturated carbocycles.